The molecule has 0 spiro atoms. The van der Waals surface area contributed by atoms with E-state index in [2.05, 4.69) is 39.6 Å². The molecule has 0 saturated carbocycles. The highest BCUT2D eigenvalue weighted by Gasteiger charge is 2.08. The third-order valence-electron chi connectivity index (χ3n) is 2.15. The lowest BCUT2D eigenvalue weighted by atomic mass is 10.2. The molecule has 6 nitrogen and oxygen atoms in total. The highest BCUT2D eigenvalue weighted by Crippen LogP contribution is 2.23. The minimum absolute atomic E-state index is 0.517. The van der Waals surface area contributed by atoms with Gasteiger partial charge in [-0.05, 0) is 19.4 Å². The molecule has 0 amide bonds. The van der Waals surface area contributed by atoms with Crippen molar-refractivity contribution in [3.8, 4) is 11.1 Å². The van der Waals surface area contributed by atoms with Crippen LogP contribution in [0.15, 0.2) is 6.07 Å². The summed E-state index contributed by atoms with van der Waals surface area (Å²) in [7, 11) is 0. The Balaban J connectivity index is 1.86. The summed E-state index contributed by atoms with van der Waals surface area (Å²) in [4.78, 5) is 0. The zero-order valence-electron chi connectivity index (χ0n) is 10.7. The van der Waals surface area contributed by atoms with Gasteiger partial charge in [0.25, 0.3) is 0 Å². The van der Waals surface area contributed by atoms with Crippen LogP contribution in [0, 0.1) is 12.8 Å². The highest BCUT2D eigenvalue weighted by molar-refractivity contribution is 7.13. The van der Waals surface area contributed by atoms with E-state index in [1.165, 1.54) is 11.3 Å². The van der Waals surface area contributed by atoms with E-state index in [1.807, 2.05) is 13.0 Å². The Morgan fingerprint density at radius 3 is 2.94 bits per heavy atom. The fourth-order valence-electron chi connectivity index (χ4n) is 1.35. The summed E-state index contributed by atoms with van der Waals surface area (Å²) in [6, 6.07) is 1.82. The molecule has 0 bridgehead atoms. The van der Waals surface area contributed by atoms with Crippen LogP contribution in [0.2, 0.25) is 0 Å². The van der Waals surface area contributed by atoms with Gasteiger partial charge in [0.05, 0.1) is 0 Å². The molecule has 2 aromatic heterocycles. The first kappa shape index (κ1) is 13.0. The molecule has 0 aliphatic heterocycles. The van der Waals surface area contributed by atoms with Crippen molar-refractivity contribution >= 4 is 11.3 Å². The summed E-state index contributed by atoms with van der Waals surface area (Å²) in [5.41, 5.74) is 0.952. The second-order valence-corrected chi connectivity index (χ2v) is 5.50. The minimum atomic E-state index is 0.517. The largest absolute Gasteiger partial charge is 0.409 e. The molecule has 0 aromatic carbocycles. The van der Waals surface area contributed by atoms with Crippen LogP contribution >= 0.6 is 11.3 Å². The lowest BCUT2D eigenvalue weighted by Crippen LogP contribution is -2.18. The SMILES string of the molecule is Cc1cc(Oc2nnc(CNCC(C)C)s2)n[nH]1. The number of aryl methyl sites for hydroxylation is 1. The van der Waals surface area contributed by atoms with Crippen molar-refractivity contribution in [2.45, 2.75) is 27.3 Å². The van der Waals surface area contributed by atoms with Crippen molar-refractivity contribution in [3.63, 3.8) is 0 Å². The Labute approximate surface area is 110 Å². The average Bonchev–Trinajstić information content (AvgIpc) is 2.89. The van der Waals surface area contributed by atoms with Gasteiger partial charge in [0.2, 0.25) is 5.88 Å². The van der Waals surface area contributed by atoms with Crippen molar-refractivity contribution in [3.05, 3.63) is 16.8 Å². The second kappa shape index (κ2) is 5.92. The number of aromatic amines is 1. The molecule has 0 radical (unpaired) electrons. The Hall–Kier alpha value is -1.47. The minimum Gasteiger partial charge on any atom is -0.409 e. The summed E-state index contributed by atoms with van der Waals surface area (Å²) in [5, 5.41) is 19.6. The predicted molar refractivity (Wildman–Crippen MR) is 69.9 cm³/mol. The molecule has 2 rings (SSSR count). The third kappa shape index (κ3) is 3.78. The number of nitrogens with one attached hydrogen (secondary N) is 2. The lowest BCUT2D eigenvalue weighted by molar-refractivity contribution is 0.453. The number of rotatable bonds is 6. The molecule has 2 aromatic rings. The normalized spacial score (nSPS) is 11.1. The van der Waals surface area contributed by atoms with Crippen LogP contribution in [0.3, 0.4) is 0 Å². The Bertz CT molecular complexity index is 493. The van der Waals surface area contributed by atoms with Crippen LogP contribution in [0.25, 0.3) is 0 Å². The molecule has 0 fully saturated rings. The van der Waals surface area contributed by atoms with E-state index >= 15 is 0 Å². The molecule has 2 heterocycles. The van der Waals surface area contributed by atoms with Crippen LogP contribution in [0.4, 0.5) is 0 Å². The van der Waals surface area contributed by atoms with Crippen LogP contribution < -0.4 is 10.1 Å². The molecule has 0 saturated heterocycles. The summed E-state index contributed by atoms with van der Waals surface area (Å²) in [6.45, 7) is 7.94. The van der Waals surface area contributed by atoms with Crippen molar-refractivity contribution in [1.82, 2.24) is 25.7 Å². The zero-order chi connectivity index (χ0) is 13.0. The van der Waals surface area contributed by atoms with Crippen molar-refractivity contribution in [2.75, 3.05) is 6.54 Å². The molecule has 0 unspecified atom stereocenters. The van der Waals surface area contributed by atoms with Crippen molar-refractivity contribution in [2.24, 2.45) is 5.92 Å². The highest BCUT2D eigenvalue weighted by atomic mass is 32.1. The summed E-state index contributed by atoms with van der Waals surface area (Å²) >= 11 is 1.43. The number of hydrogen-bond acceptors (Lipinski definition) is 6. The van der Waals surface area contributed by atoms with Gasteiger partial charge in [0, 0.05) is 18.3 Å². The number of ether oxygens (including phenoxy) is 1. The first-order chi connectivity index (χ1) is 8.63. The maximum absolute atomic E-state index is 5.48. The molecular formula is C11H17N5OS. The van der Waals surface area contributed by atoms with Gasteiger partial charge in [-0.3, -0.25) is 5.10 Å². The number of aromatic nitrogens is 4. The molecule has 0 atom stereocenters. The molecule has 18 heavy (non-hydrogen) atoms. The van der Waals surface area contributed by atoms with Gasteiger partial charge in [-0.2, -0.15) is 0 Å². The first-order valence-electron chi connectivity index (χ1n) is 5.86. The van der Waals surface area contributed by atoms with Crippen molar-refractivity contribution in [1.29, 1.82) is 0 Å². The van der Waals surface area contributed by atoms with E-state index in [-0.39, 0.29) is 0 Å². The van der Waals surface area contributed by atoms with Gasteiger partial charge in [-0.15, -0.1) is 10.2 Å². The quantitative estimate of drug-likeness (QED) is 0.838. The maximum Gasteiger partial charge on any atom is 0.300 e. The van der Waals surface area contributed by atoms with Gasteiger partial charge < -0.3 is 10.1 Å². The maximum atomic E-state index is 5.48. The van der Waals surface area contributed by atoms with E-state index in [1.54, 1.807) is 0 Å². The van der Waals surface area contributed by atoms with Gasteiger partial charge in [-0.25, -0.2) is 0 Å². The first-order valence-corrected chi connectivity index (χ1v) is 6.68. The summed E-state index contributed by atoms with van der Waals surface area (Å²) < 4.78 is 5.48. The van der Waals surface area contributed by atoms with Gasteiger partial charge in [0.1, 0.15) is 5.01 Å². The lowest BCUT2D eigenvalue weighted by Gasteiger charge is -2.03. The molecule has 7 heteroatoms. The fourth-order valence-corrected chi connectivity index (χ4v) is 2.02. The second-order valence-electron chi connectivity index (χ2n) is 4.48. The van der Waals surface area contributed by atoms with Gasteiger partial charge >= 0.3 is 5.19 Å². The van der Waals surface area contributed by atoms with Crippen LogP contribution in [-0.2, 0) is 6.54 Å². The molecule has 0 aliphatic rings. The topological polar surface area (TPSA) is 75.7 Å². The molecule has 0 aliphatic carbocycles. The predicted octanol–water partition coefficient (Wildman–Crippen LogP) is 2.11. The van der Waals surface area contributed by atoms with E-state index in [0.29, 0.717) is 17.0 Å². The van der Waals surface area contributed by atoms with Crippen LogP contribution in [0.1, 0.15) is 24.5 Å². The molecule has 98 valence electrons. The van der Waals surface area contributed by atoms with Gasteiger partial charge in [0.15, 0.2) is 0 Å². The number of H-pyrrole nitrogens is 1. The number of nitrogens with zero attached hydrogens (tertiary/aromatic N) is 3. The zero-order valence-corrected chi connectivity index (χ0v) is 11.5. The average molecular weight is 267 g/mol. The van der Waals surface area contributed by atoms with Crippen molar-refractivity contribution < 1.29 is 4.74 Å². The summed E-state index contributed by atoms with van der Waals surface area (Å²) in [5.74, 6) is 1.14. The third-order valence-corrected chi connectivity index (χ3v) is 2.95. The number of hydrogen-bond donors (Lipinski definition) is 2. The standard InChI is InChI=1S/C11H17N5OS/c1-7(2)5-12-6-10-15-16-11(18-10)17-9-4-8(3)13-14-9/h4,7,12H,5-6H2,1-3H3,(H,13,14). The van der Waals surface area contributed by atoms with Crippen LogP contribution in [-0.4, -0.2) is 26.9 Å². The monoisotopic (exact) mass is 267 g/mol. The smallest absolute Gasteiger partial charge is 0.300 e. The van der Waals surface area contributed by atoms with E-state index in [0.717, 1.165) is 23.8 Å². The Morgan fingerprint density at radius 2 is 2.28 bits per heavy atom. The Morgan fingerprint density at radius 1 is 1.44 bits per heavy atom. The van der Waals surface area contributed by atoms with Crippen LogP contribution in [0.5, 0.6) is 11.1 Å². The molecule has 2 N–H and O–H groups in total. The Kier molecular flexibility index (Phi) is 4.27. The molecular weight excluding hydrogens is 250 g/mol. The van der Waals surface area contributed by atoms with E-state index < -0.39 is 0 Å². The van der Waals surface area contributed by atoms with E-state index in [9.17, 15) is 0 Å². The fraction of sp³-hybridized carbons (Fsp3) is 0.545. The summed E-state index contributed by atoms with van der Waals surface area (Å²) in [6.07, 6.45) is 0. The van der Waals surface area contributed by atoms with Gasteiger partial charge in [-0.1, -0.05) is 30.3 Å². The van der Waals surface area contributed by atoms with E-state index in [4.69, 9.17) is 4.74 Å².